The summed E-state index contributed by atoms with van der Waals surface area (Å²) in [6.45, 7) is 3.49. The molecule has 4 amide bonds. The van der Waals surface area contributed by atoms with Crippen LogP contribution in [0.25, 0.3) is 0 Å². The van der Waals surface area contributed by atoms with Crippen molar-refractivity contribution in [3.63, 3.8) is 0 Å². The van der Waals surface area contributed by atoms with Gasteiger partial charge in [-0.1, -0.05) is 0 Å². The summed E-state index contributed by atoms with van der Waals surface area (Å²) in [6.07, 6.45) is 4.01. The molecule has 0 aromatic heterocycles. The Morgan fingerprint density at radius 2 is 1.88 bits per heavy atom. The highest BCUT2D eigenvalue weighted by atomic mass is 32.2. The molecular weight excluding hydrogens is 240 g/mol. The Morgan fingerprint density at radius 3 is 2.35 bits per heavy atom. The maximum atomic E-state index is 12.1. The summed E-state index contributed by atoms with van der Waals surface area (Å²) in [6, 6.07) is -0.584. The minimum Gasteiger partial charge on any atom is -0.277 e. The van der Waals surface area contributed by atoms with Gasteiger partial charge in [0, 0.05) is 11.3 Å². The SMILES string of the molecule is CSC1(CN2C(=O)NC(=O)C(C)(C)C2=O)CC1. The van der Waals surface area contributed by atoms with Gasteiger partial charge in [-0.25, -0.2) is 4.79 Å². The smallest absolute Gasteiger partial charge is 0.277 e. The number of urea groups is 1. The number of hydrogen-bond acceptors (Lipinski definition) is 4. The van der Waals surface area contributed by atoms with Gasteiger partial charge in [0.25, 0.3) is 0 Å². The number of thioether (sulfide) groups is 1. The summed E-state index contributed by atoms with van der Waals surface area (Å²) < 4.78 is 0.0173. The van der Waals surface area contributed by atoms with E-state index in [-0.39, 0.29) is 4.75 Å². The minimum atomic E-state index is -1.15. The van der Waals surface area contributed by atoms with Gasteiger partial charge >= 0.3 is 6.03 Å². The number of rotatable bonds is 3. The Hall–Kier alpha value is -1.04. The second-order valence-corrected chi connectivity index (χ2v) is 6.44. The van der Waals surface area contributed by atoms with Crippen molar-refractivity contribution < 1.29 is 14.4 Å². The molecule has 2 fully saturated rings. The molecule has 1 N–H and O–H groups in total. The van der Waals surface area contributed by atoms with Gasteiger partial charge in [0.2, 0.25) is 11.8 Å². The average molecular weight is 256 g/mol. The van der Waals surface area contributed by atoms with Crippen LogP contribution in [-0.4, -0.2) is 40.3 Å². The molecule has 6 heteroatoms. The number of nitrogens with zero attached hydrogens (tertiary/aromatic N) is 1. The molecule has 1 saturated carbocycles. The molecule has 17 heavy (non-hydrogen) atoms. The van der Waals surface area contributed by atoms with Crippen molar-refractivity contribution in [3.05, 3.63) is 0 Å². The molecule has 0 atom stereocenters. The molecule has 0 unspecified atom stereocenters. The van der Waals surface area contributed by atoms with Crippen LogP contribution in [0.15, 0.2) is 0 Å². The van der Waals surface area contributed by atoms with Crippen LogP contribution in [0.3, 0.4) is 0 Å². The van der Waals surface area contributed by atoms with Crippen LogP contribution >= 0.6 is 11.8 Å². The average Bonchev–Trinajstić information content (AvgIpc) is 3.03. The minimum absolute atomic E-state index is 0.0173. The summed E-state index contributed by atoms with van der Waals surface area (Å²) in [7, 11) is 0. The molecule has 1 heterocycles. The monoisotopic (exact) mass is 256 g/mol. The van der Waals surface area contributed by atoms with Crippen molar-refractivity contribution in [2.45, 2.75) is 31.4 Å². The molecule has 0 aromatic carbocycles. The molecule has 1 aliphatic carbocycles. The van der Waals surface area contributed by atoms with Gasteiger partial charge in [0.05, 0.1) is 0 Å². The standard InChI is InChI=1S/C11H16N2O3S/c1-10(2)7(14)12-9(16)13(8(10)15)6-11(17-3)4-5-11/h4-6H2,1-3H3,(H,12,14,16). The van der Waals surface area contributed by atoms with Crippen molar-refractivity contribution in [2.24, 2.45) is 5.41 Å². The largest absolute Gasteiger partial charge is 0.330 e. The first-order chi connectivity index (χ1) is 7.82. The second kappa shape index (κ2) is 3.73. The predicted molar refractivity (Wildman–Crippen MR) is 64.5 cm³/mol. The molecule has 0 bridgehead atoms. The summed E-state index contributed by atoms with van der Waals surface area (Å²) in [5, 5.41) is 2.24. The van der Waals surface area contributed by atoms with Gasteiger partial charge in [0.1, 0.15) is 5.41 Å². The molecule has 2 aliphatic rings. The quantitative estimate of drug-likeness (QED) is 0.765. The Balaban J connectivity index is 2.19. The Labute approximate surface area is 104 Å². The number of nitrogens with one attached hydrogen (secondary N) is 1. The molecule has 2 rings (SSSR count). The lowest BCUT2D eigenvalue weighted by molar-refractivity contribution is -0.149. The first-order valence-electron chi connectivity index (χ1n) is 5.55. The van der Waals surface area contributed by atoms with Crippen molar-refractivity contribution in [1.82, 2.24) is 10.2 Å². The van der Waals surface area contributed by atoms with Crippen molar-refractivity contribution in [1.29, 1.82) is 0 Å². The number of carbonyl (C=O) groups excluding carboxylic acids is 3. The van der Waals surface area contributed by atoms with Crippen molar-refractivity contribution in [2.75, 3.05) is 12.8 Å². The Kier molecular flexibility index (Phi) is 2.72. The van der Waals surface area contributed by atoms with Crippen LogP contribution in [0.4, 0.5) is 4.79 Å². The first-order valence-corrected chi connectivity index (χ1v) is 6.77. The van der Waals surface area contributed by atoms with Gasteiger partial charge in [-0.2, -0.15) is 11.8 Å². The van der Waals surface area contributed by atoms with E-state index in [0.717, 1.165) is 12.8 Å². The van der Waals surface area contributed by atoms with Crippen LogP contribution < -0.4 is 5.32 Å². The number of amides is 4. The van der Waals surface area contributed by atoms with E-state index in [1.165, 1.54) is 4.90 Å². The maximum Gasteiger partial charge on any atom is 0.330 e. The highest BCUT2D eigenvalue weighted by Crippen LogP contribution is 2.48. The van der Waals surface area contributed by atoms with Crippen LogP contribution in [0.1, 0.15) is 26.7 Å². The summed E-state index contributed by atoms with van der Waals surface area (Å²) in [4.78, 5) is 36.5. The molecule has 94 valence electrons. The van der Waals surface area contributed by atoms with E-state index in [1.54, 1.807) is 25.6 Å². The first kappa shape index (κ1) is 12.4. The molecular formula is C11H16N2O3S. The fourth-order valence-corrected chi connectivity index (χ4v) is 2.61. The van der Waals surface area contributed by atoms with Crippen LogP contribution in [-0.2, 0) is 9.59 Å². The van der Waals surface area contributed by atoms with E-state index >= 15 is 0 Å². The van der Waals surface area contributed by atoms with E-state index in [1.807, 2.05) is 6.26 Å². The molecule has 0 radical (unpaired) electrons. The third-order valence-electron chi connectivity index (χ3n) is 3.50. The molecule has 1 aliphatic heterocycles. The number of carbonyl (C=O) groups is 3. The number of imide groups is 2. The molecule has 0 spiro atoms. The van der Waals surface area contributed by atoms with Gasteiger partial charge in [-0.3, -0.25) is 19.8 Å². The number of hydrogen-bond donors (Lipinski definition) is 1. The van der Waals surface area contributed by atoms with Crippen LogP contribution in [0.2, 0.25) is 0 Å². The van der Waals surface area contributed by atoms with Gasteiger partial charge < -0.3 is 0 Å². The summed E-state index contributed by atoms with van der Waals surface area (Å²) >= 11 is 1.68. The summed E-state index contributed by atoms with van der Waals surface area (Å²) in [5.41, 5.74) is -1.15. The zero-order chi connectivity index (χ0) is 12.8. The fraction of sp³-hybridized carbons (Fsp3) is 0.727. The lowest BCUT2D eigenvalue weighted by Crippen LogP contribution is -2.63. The normalized spacial score (nSPS) is 25.8. The molecule has 5 nitrogen and oxygen atoms in total. The maximum absolute atomic E-state index is 12.1. The Bertz CT molecular complexity index is 402. The van der Waals surface area contributed by atoms with Gasteiger partial charge in [-0.15, -0.1) is 0 Å². The van der Waals surface area contributed by atoms with Gasteiger partial charge in [-0.05, 0) is 32.9 Å². The van der Waals surface area contributed by atoms with E-state index in [9.17, 15) is 14.4 Å². The highest BCUT2D eigenvalue weighted by molar-refractivity contribution is 8.00. The summed E-state index contributed by atoms with van der Waals surface area (Å²) in [5.74, 6) is -0.913. The fourth-order valence-electron chi connectivity index (χ4n) is 1.85. The van der Waals surface area contributed by atoms with Crippen molar-refractivity contribution >= 4 is 29.6 Å². The molecule has 0 aromatic rings. The predicted octanol–water partition coefficient (Wildman–Crippen LogP) is 0.987. The molecule has 1 saturated heterocycles. The topological polar surface area (TPSA) is 66.5 Å². The van der Waals surface area contributed by atoms with Crippen molar-refractivity contribution in [3.8, 4) is 0 Å². The van der Waals surface area contributed by atoms with Gasteiger partial charge in [0.15, 0.2) is 0 Å². The van der Waals surface area contributed by atoms with Crippen LogP contribution in [0, 0.1) is 5.41 Å². The highest BCUT2D eigenvalue weighted by Gasteiger charge is 2.52. The van der Waals surface area contributed by atoms with Crippen LogP contribution in [0.5, 0.6) is 0 Å². The Morgan fingerprint density at radius 1 is 1.29 bits per heavy atom. The number of barbiturate groups is 1. The zero-order valence-electron chi connectivity index (χ0n) is 10.2. The second-order valence-electron chi connectivity index (χ2n) is 5.16. The third-order valence-corrected chi connectivity index (χ3v) is 4.90. The van der Waals surface area contributed by atoms with E-state index in [0.29, 0.717) is 6.54 Å². The van der Waals surface area contributed by atoms with E-state index in [4.69, 9.17) is 0 Å². The third kappa shape index (κ3) is 1.94. The van der Waals surface area contributed by atoms with E-state index < -0.39 is 23.3 Å². The van der Waals surface area contributed by atoms with E-state index in [2.05, 4.69) is 5.32 Å². The zero-order valence-corrected chi connectivity index (χ0v) is 11.0. The lowest BCUT2D eigenvalue weighted by atomic mass is 9.88. The lowest BCUT2D eigenvalue weighted by Gasteiger charge is -2.36.